The van der Waals surface area contributed by atoms with Crippen molar-refractivity contribution in [1.29, 1.82) is 5.26 Å². The molecular formula is C10H12N2O. The molecule has 0 saturated carbocycles. The highest BCUT2D eigenvalue weighted by Gasteiger charge is 2.26. The maximum absolute atomic E-state index is 8.86. The molecule has 0 spiro atoms. The molecule has 0 aliphatic rings. The van der Waals surface area contributed by atoms with Crippen LogP contribution in [0.25, 0.3) is 0 Å². The van der Waals surface area contributed by atoms with Crippen LogP contribution in [0.15, 0.2) is 17.2 Å². The first-order valence-electron chi connectivity index (χ1n) is 4.03. The van der Waals surface area contributed by atoms with Crippen molar-refractivity contribution < 1.29 is 4.52 Å². The van der Waals surface area contributed by atoms with Crippen molar-refractivity contribution in [2.24, 2.45) is 0 Å². The molecule has 0 atom stereocenters. The minimum Gasteiger partial charge on any atom is -0.359 e. The van der Waals surface area contributed by atoms with Crippen molar-refractivity contribution in [1.82, 2.24) is 5.16 Å². The van der Waals surface area contributed by atoms with Gasteiger partial charge in [-0.2, -0.15) is 5.26 Å². The lowest BCUT2D eigenvalue weighted by atomic mass is 9.88. The van der Waals surface area contributed by atoms with E-state index in [9.17, 15) is 0 Å². The molecule has 0 unspecified atom stereocenters. The molecule has 0 aliphatic carbocycles. The lowest BCUT2D eigenvalue weighted by Crippen LogP contribution is -2.13. The van der Waals surface area contributed by atoms with Gasteiger partial charge in [0.1, 0.15) is 11.6 Å². The zero-order valence-corrected chi connectivity index (χ0v) is 8.09. The van der Waals surface area contributed by atoms with Gasteiger partial charge in [0.15, 0.2) is 5.76 Å². The molecule has 68 valence electrons. The molecular weight excluding hydrogens is 164 g/mol. The fourth-order valence-corrected chi connectivity index (χ4v) is 1.03. The number of hydrogen-bond donors (Lipinski definition) is 0. The standard InChI is InChI=1S/C10H12N2O/c1-5-10(3,4)9-8(6-11)7(2)12-13-9/h5H,1H2,2-4H3. The summed E-state index contributed by atoms with van der Waals surface area (Å²) in [7, 11) is 0. The van der Waals surface area contributed by atoms with Crippen LogP contribution < -0.4 is 0 Å². The van der Waals surface area contributed by atoms with Crippen LogP contribution >= 0.6 is 0 Å². The third kappa shape index (κ3) is 1.48. The summed E-state index contributed by atoms with van der Waals surface area (Å²) in [4.78, 5) is 0. The molecule has 1 rings (SSSR count). The Bertz CT molecular complexity index is 369. The number of nitrogens with zero attached hydrogens (tertiary/aromatic N) is 2. The molecule has 0 aliphatic heterocycles. The van der Waals surface area contributed by atoms with Crippen LogP contribution in [-0.2, 0) is 5.41 Å². The van der Waals surface area contributed by atoms with Gasteiger partial charge in [-0.15, -0.1) is 6.58 Å². The van der Waals surface area contributed by atoms with E-state index in [1.165, 1.54) is 0 Å². The van der Waals surface area contributed by atoms with Gasteiger partial charge in [0.2, 0.25) is 0 Å². The molecule has 1 heterocycles. The molecule has 3 nitrogen and oxygen atoms in total. The van der Waals surface area contributed by atoms with Gasteiger partial charge in [-0.1, -0.05) is 11.2 Å². The Morgan fingerprint density at radius 1 is 1.62 bits per heavy atom. The van der Waals surface area contributed by atoms with Crippen molar-refractivity contribution in [3.63, 3.8) is 0 Å². The van der Waals surface area contributed by atoms with Crippen molar-refractivity contribution in [2.75, 3.05) is 0 Å². The number of rotatable bonds is 2. The topological polar surface area (TPSA) is 49.8 Å². The zero-order valence-electron chi connectivity index (χ0n) is 8.09. The first-order valence-corrected chi connectivity index (χ1v) is 4.03. The maximum Gasteiger partial charge on any atom is 0.164 e. The minimum absolute atomic E-state index is 0.341. The smallest absolute Gasteiger partial charge is 0.164 e. The molecule has 0 bridgehead atoms. The van der Waals surface area contributed by atoms with Gasteiger partial charge in [0.05, 0.1) is 5.69 Å². The minimum atomic E-state index is -0.341. The summed E-state index contributed by atoms with van der Waals surface area (Å²) in [5, 5.41) is 12.6. The Balaban J connectivity index is 3.32. The van der Waals surface area contributed by atoms with Gasteiger partial charge in [-0.3, -0.25) is 0 Å². The highest BCUT2D eigenvalue weighted by atomic mass is 16.5. The molecule has 1 aromatic heterocycles. The van der Waals surface area contributed by atoms with E-state index in [0.717, 1.165) is 0 Å². The van der Waals surface area contributed by atoms with Crippen molar-refractivity contribution in [3.8, 4) is 6.07 Å². The molecule has 3 heteroatoms. The predicted octanol–water partition coefficient (Wildman–Crippen LogP) is 2.32. The molecule has 13 heavy (non-hydrogen) atoms. The highest BCUT2D eigenvalue weighted by Crippen LogP contribution is 2.28. The summed E-state index contributed by atoms with van der Waals surface area (Å²) in [6.07, 6.45) is 1.74. The predicted molar refractivity (Wildman–Crippen MR) is 49.2 cm³/mol. The number of aryl methyl sites for hydroxylation is 1. The van der Waals surface area contributed by atoms with Crippen LogP contribution in [0.4, 0.5) is 0 Å². The molecule has 0 saturated heterocycles. The van der Waals surface area contributed by atoms with E-state index in [0.29, 0.717) is 17.0 Å². The quantitative estimate of drug-likeness (QED) is 0.650. The molecule has 0 amide bonds. The second kappa shape index (κ2) is 3.06. The normalized spacial score (nSPS) is 10.9. The lowest BCUT2D eigenvalue weighted by molar-refractivity contribution is 0.342. The number of hydrogen-bond acceptors (Lipinski definition) is 3. The summed E-state index contributed by atoms with van der Waals surface area (Å²) < 4.78 is 5.10. The van der Waals surface area contributed by atoms with Gasteiger partial charge in [-0.25, -0.2) is 0 Å². The first-order chi connectivity index (χ1) is 6.03. The Labute approximate surface area is 77.7 Å². The fraction of sp³-hybridized carbons (Fsp3) is 0.400. The maximum atomic E-state index is 8.86. The second-order valence-electron chi connectivity index (χ2n) is 3.51. The molecule has 0 fully saturated rings. The average Bonchev–Trinajstić information content (AvgIpc) is 2.47. The van der Waals surface area contributed by atoms with Crippen molar-refractivity contribution >= 4 is 0 Å². The average molecular weight is 176 g/mol. The third-order valence-electron chi connectivity index (χ3n) is 2.07. The Kier molecular flexibility index (Phi) is 2.24. The summed E-state index contributed by atoms with van der Waals surface area (Å²) in [5.41, 5.74) is 0.809. The fourth-order valence-electron chi connectivity index (χ4n) is 1.03. The van der Waals surface area contributed by atoms with Crippen LogP contribution in [0.5, 0.6) is 0 Å². The van der Waals surface area contributed by atoms with Gasteiger partial charge < -0.3 is 4.52 Å². The Morgan fingerprint density at radius 3 is 2.69 bits per heavy atom. The number of allylic oxidation sites excluding steroid dienone is 1. The van der Waals surface area contributed by atoms with E-state index >= 15 is 0 Å². The van der Waals surface area contributed by atoms with Crippen LogP contribution in [0.2, 0.25) is 0 Å². The molecule has 0 aromatic carbocycles. The summed E-state index contributed by atoms with van der Waals surface area (Å²) in [5.74, 6) is 0.586. The summed E-state index contributed by atoms with van der Waals surface area (Å²) in [6.45, 7) is 9.31. The van der Waals surface area contributed by atoms with Crippen LogP contribution in [0.3, 0.4) is 0 Å². The summed E-state index contributed by atoms with van der Waals surface area (Å²) >= 11 is 0. The lowest BCUT2D eigenvalue weighted by Gasteiger charge is -2.15. The second-order valence-corrected chi connectivity index (χ2v) is 3.51. The zero-order chi connectivity index (χ0) is 10.1. The largest absolute Gasteiger partial charge is 0.359 e. The first kappa shape index (κ1) is 9.53. The number of aromatic nitrogens is 1. The van der Waals surface area contributed by atoms with E-state index in [1.807, 2.05) is 13.8 Å². The number of nitriles is 1. The van der Waals surface area contributed by atoms with Gasteiger partial charge in [0, 0.05) is 5.41 Å². The van der Waals surface area contributed by atoms with Gasteiger partial charge in [-0.05, 0) is 20.8 Å². The molecule has 0 N–H and O–H groups in total. The highest BCUT2D eigenvalue weighted by molar-refractivity contribution is 5.40. The van der Waals surface area contributed by atoms with E-state index in [-0.39, 0.29) is 5.41 Å². The van der Waals surface area contributed by atoms with E-state index in [4.69, 9.17) is 9.78 Å². The van der Waals surface area contributed by atoms with E-state index in [1.54, 1.807) is 13.0 Å². The SMILES string of the molecule is C=CC(C)(C)c1onc(C)c1C#N. The van der Waals surface area contributed by atoms with Crippen LogP contribution in [-0.4, -0.2) is 5.16 Å². The van der Waals surface area contributed by atoms with Crippen LogP contribution in [0.1, 0.15) is 30.9 Å². The Morgan fingerprint density at radius 2 is 2.23 bits per heavy atom. The Hall–Kier alpha value is -1.56. The van der Waals surface area contributed by atoms with E-state index < -0.39 is 0 Å². The molecule has 1 aromatic rings. The van der Waals surface area contributed by atoms with Crippen LogP contribution in [0, 0.1) is 18.3 Å². The van der Waals surface area contributed by atoms with Gasteiger partial charge >= 0.3 is 0 Å². The van der Waals surface area contributed by atoms with Crippen molar-refractivity contribution in [2.45, 2.75) is 26.2 Å². The van der Waals surface area contributed by atoms with Gasteiger partial charge in [0.25, 0.3) is 0 Å². The molecule has 0 radical (unpaired) electrons. The monoisotopic (exact) mass is 176 g/mol. The van der Waals surface area contributed by atoms with Crippen molar-refractivity contribution in [3.05, 3.63) is 29.7 Å². The third-order valence-corrected chi connectivity index (χ3v) is 2.07. The van der Waals surface area contributed by atoms with E-state index in [2.05, 4.69) is 17.8 Å². The summed E-state index contributed by atoms with van der Waals surface area (Å²) in [6, 6.07) is 2.08.